The molecule has 0 aromatic heterocycles. The Morgan fingerprint density at radius 2 is 1.81 bits per heavy atom. The summed E-state index contributed by atoms with van der Waals surface area (Å²) >= 11 is 0. The topological polar surface area (TPSA) is 52.3 Å². The molecule has 0 rings (SSSR count). The minimum absolute atomic E-state index is 0.104. The second kappa shape index (κ2) is 5.52. The van der Waals surface area contributed by atoms with Crippen LogP contribution in [0, 0.1) is 5.92 Å². The van der Waals surface area contributed by atoms with Gasteiger partial charge in [-0.1, -0.05) is 0 Å². The second-order valence-electron chi connectivity index (χ2n) is 4.61. The molecule has 0 aliphatic rings. The van der Waals surface area contributed by atoms with E-state index < -0.39 is 30.1 Å². The van der Waals surface area contributed by atoms with Crippen LogP contribution in [0.25, 0.3) is 0 Å². The van der Waals surface area contributed by atoms with Crippen LogP contribution in [0.15, 0.2) is 0 Å². The van der Waals surface area contributed by atoms with Crippen molar-refractivity contribution in [1.29, 1.82) is 0 Å². The Hall–Kier alpha value is -0.780. The van der Waals surface area contributed by atoms with Gasteiger partial charge >= 0.3 is 12.1 Å². The van der Waals surface area contributed by atoms with E-state index in [1.54, 1.807) is 20.8 Å². The van der Waals surface area contributed by atoms with Gasteiger partial charge in [-0.2, -0.15) is 13.2 Å². The zero-order chi connectivity index (χ0) is 13.0. The average molecular weight is 241 g/mol. The molecule has 0 aromatic carbocycles. The molecule has 0 heterocycles. The maximum atomic E-state index is 12.4. The van der Waals surface area contributed by atoms with E-state index in [2.05, 4.69) is 0 Å². The smallest absolute Gasteiger partial charge is 0.392 e. The number of carbonyl (C=O) groups excluding carboxylic acids is 1. The van der Waals surface area contributed by atoms with Crippen LogP contribution in [0.2, 0.25) is 0 Å². The highest BCUT2D eigenvalue weighted by molar-refractivity contribution is 5.70. The number of carbonyl (C=O) groups is 1. The Morgan fingerprint density at radius 1 is 1.31 bits per heavy atom. The fourth-order valence-corrected chi connectivity index (χ4v) is 1.17. The predicted octanol–water partition coefficient (Wildman–Crippen LogP) is 2.25. The first kappa shape index (κ1) is 15.2. The van der Waals surface area contributed by atoms with Crippen LogP contribution in [0.3, 0.4) is 0 Å². The number of esters is 1. The largest absolute Gasteiger partial charge is 0.460 e. The fraction of sp³-hybridized carbons (Fsp3) is 0.900. The van der Waals surface area contributed by atoms with Gasteiger partial charge in [0, 0.05) is 0 Å². The van der Waals surface area contributed by atoms with Crippen LogP contribution in [0.1, 0.15) is 33.6 Å². The lowest BCUT2D eigenvalue weighted by Crippen LogP contribution is -2.31. The maximum absolute atomic E-state index is 12.4. The third kappa shape index (κ3) is 6.66. The molecule has 0 saturated carbocycles. The Kier molecular flexibility index (Phi) is 5.25. The molecule has 0 bridgehead atoms. The monoisotopic (exact) mass is 241 g/mol. The molecule has 0 saturated heterocycles. The molecule has 0 spiro atoms. The van der Waals surface area contributed by atoms with Crippen molar-refractivity contribution in [3.05, 3.63) is 0 Å². The average Bonchev–Trinajstić information content (AvgIpc) is 1.97. The number of hydrogen-bond donors (Lipinski definition) is 1. The molecule has 16 heavy (non-hydrogen) atoms. The SMILES string of the molecule is CC(C)(C)OC(=O)CC(CCN)C(F)(F)F. The van der Waals surface area contributed by atoms with Gasteiger partial charge in [-0.05, 0) is 33.7 Å². The maximum Gasteiger partial charge on any atom is 0.392 e. The number of nitrogens with two attached hydrogens (primary N) is 1. The first-order chi connectivity index (χ1) is 7.06. The van der Waals surface area contributed by atoms with Crippen molar-refractivity contribution in [2.45, 2.75) is 45.4 Å². The van der Waals surface area contributed by atoms with E-state index in [4.69, 9.17) is 10.5 Å². The van der Waals surface area contributed by atoms with E-state index in [-0.39, 0.29) is 13.0 Å². The van der Waals surface area contributed by atoms with Gasteiger partial charge in [-0.15, -0.1) is 0 Å². The van der Waals surface area contributed by atoms with Gasteiger partial charge in [0.15, 0.2) is 0 Å². The molecule has 0 amide bonds. The van der Waals surface area contributed by atoms with Gasteiger partial charge in [-0.25, -0.2) is 0 Å². The lowest BCUT2D eigenvalue weighted by Gasteiger charge is -2.23. The summed E-state index contributed by atoms with van der Waals surface area (Å²) in [6.07, 6.45) is -5.34. The highest BCUT2D eigenvalue weighted by Crippen LogP contribution is 2.31. The Labute approximate surface area is 93.1 Å². The van der Waals surface area contributed by atoms with E-state index in [0.717, 1.165) is 0 Å². The first-order valence-corrected chi connectivity index (χ1v) is 5.05. The van der Waals surface area contributed by atoms with Crippen molar-refractivity contribution in [3.8, 4) is 0 Å². The summed E-state index contributed by atoms with van der Waals surface area (Å²) in [6.45, 7) is 4.72. The summed E-state index contributed by atoms with van der Waals surface area (Å²) in [4.78, 5) is 11.2. The number of hydrogen-bond acceptors (Lipinski definition) is 3. The van der Waals surface area contributed by atoms with Gasteiger partial charge in [0.2, 0.25) is 0 Å². The lowest BCUT2D eigenvalue weighted by atomic mass is 10.0. The van der Waals surface area contributed by atoms with E-state index in [1.165, 1.54) is 0 Å². The molecule has 0 fully saturated rings. The molecule has 1 unspecified atom stereocenters. The molecular weight excluding hydrogens is 223 g/mol. The standard InChI is InChI=1S/C10H18F3NO2/c1-9(2,3)16-8(15)6-7(4-5-14)10(11,12)13/h7H,4-6,14H2,1-3H3. The molecule has 96 valence electrons. The zero-order valence-corrected chi connectivity index (χ0v) is 9.73. The summed E-state index contributed by atoms with van der Waals surface area (Å²) in [5.74, 6) is -2.56. The van der Waals surface area contributed by atoms with Crippen LogP contribution in [-0.4, -0.2) is 24.3 Å². The molecule has 2 N–H and O–H groups in total. The van der Waals surface area contributed by atoms with E-state index in [1.807, 2.05) is 0 Å². The molecule has 0 aromatic rings. The third-order valence-corrected chi connectivity index (χ3v) is 1.81. The fourth-order valence-electron chi connectivity index (χ4n) is 1.17. The summed E-state index contributed by atoms with van der Waals surface area (Å²) < 4.78 is 42.1. The lowest BCUT2D eigenvalue weighted by molar-refractivity contribution is -0.189. The summed E-state index contributed by atoms with van der Waals surface area (Å²) in [6, 6.07) is 0. The first-order valence-electron chi connectivity index (χ1n) is 5.05. The van der Waals surface area contributed by atoms with Crippen LogP contribution in [-0.2, 0) is 9.53 Å². The molecule has 3 nitrogen and oxygen atoms in total. The van der Waals surface area contributed by atoms with E-state index in [9.17, 15) is 18.0 Å². The van der Waals surface area contributed by atoms with Gasteiger partial charge in [0.1, 0.15) is 5.60 Å². The number of alkyl halides is 3. The highest BCUT2D eigenvalue weighted by atomic mass is 19.4. The van der Waals surface area contributed by atoms with E-state index >= 15 is 0 Å². The summed E-state index contributed by atoms with van der Waals surface area (Å²) in [5, 5.41) is 0. The van der Waals surface area contributed by atoms with Gasteiger partial charge < -0.3 is 10.5 Å². The number of rotatable bonds is 4. The van der Waals surface area contributed by atoms with E-state index in [0.29, 0.717) is 0 Å². The second-order valence-corrected chi connectivity index (χ2v) is 4.61. The molecular formula is C10H18F3NO2. The van der Waals surface area contributed by atoms with Crippen molar-refractivity contribution in [3.63, 3.8) is 0 Å². The van der Waals surface area contributed by atoms with Crippen molar-refractivity contribution < 1.29 is 22.7 Å². The van der Waals surface area contributed by atoms with Gasteiger partial charge in [0.05, 0.1) is 12.3 Å². The zero-order valence-electron chi connectivity index (χ0n) is 9.73. The van der Waals surface area contributed by atoms with Crippen molar-refractivity contribution in [2.24, 2.45) is 11.7 Å². The minimum atomic E-state index is -4.41. The normalized spacial score (nSPS) is 14.7. The third-order valence-electron chi connectivity index (χ3n) is 1.81. The number of halogens is 3. The Balaban J connectivity index is 4.36. The summed E-state index contributed by atoms with van der Waals surface area (Å²) in [7, 11) is 0. The van der Waals surface area contributed by atoms with Crippen LogP contribution in [0.4, 0.5) is 13.2 Å². The molecule has 1 atom stereocenters. The van der Waals surface area contributed by atoms with Gasteiger partial charge in [-0.3, -0.25) is 4.79 Å². The van der Waals surface area contributed by atoms with Crippen LogP contribution in [0.5, 0.6) is 0 Å². The molecule has 0 aliphatic carbocycles. The van der Waals surface area contributed by atoms with Crippen molar-refractivity contribution >= 4 is 5.97 Å². The van der Waals surface area contributed by atoms with Crippen LogP contribution >= 0.6 is 0 Å². The predicted molar refractivity (Wildman–Crippen MR) is 53.7 cm³/mol. The summed E-state index contributed by atoms with van der Waals surface area (Å²) in [5.41, 5.74) is 4.31. The minimum Gasteiger partial charge on any atom is -0.460 e. The molecule has 0 radical (unpaired) electrons. The molecule has 6 heteroatoms. The van der Waals surface area contributed by atoms with Crippen molar-refractivity contribution in [2.75, 3.05) is 6.54 Å². The molecule has 0 aliphatic heterocycles. The van der Waals surface area contributed by atoms with Crippen LogP contribution < -0.4 is 5.73 Å². The number of ether oxygens (including phenoxy) is 1. The van der Waals surface area contributed by atoms with Gasteiger partial charge in [0.25, 0.3) is 0 Å². The Bertz CT molecular complexity index is 233. The highest BCUT2D eigenvalue weighted by Gasteiger charge is 2.40. The quantitative estimate of drug-likeness (QED) is 0.768. The Morgan fingerprint density at radius 3 is 2.12 bits per heavy atom. The van der Waals surface area contributed by atoms with Crippen molar-refractivity contribution in [1.82, 2.24) is 0 Å².